The molecule has 29 heavy (non-hydrogen) atoms. The minimum absolute atomic E-state index is 0.0210. The molecule has 1 aliphatic rings. The van der Waals surface area contributed by atoms with E-state index in [4.69, 9.17) is 14.2 Å². The van der Waals surface area contributed by atoms with Crippen molar-refractivity contribution in [2.24, 2.45) is 0 Å². The molecule has 2 aromatic rings. The third-order valence-corrected chi connectivity index (χ3v) is 5.69. The van der Waals surface area contributed by atoms with Gasteiger partial charge in [-0.05, 0) is 61.6 Å². The van der Waals surface area contributed by atoms with E-state index in [9.17, 15) is 4.79 Å². The van der Waals surface area contributed by atoms with E-state index >= 15 is 0 Å². The van der Waals surface area contributed by atoms with Crippen molar-refractivity contribution in [1.29, 1.82) is 0 Å². The van der Waals surface area contributed by atoms with Gasteiger partial charge in [0.05, 0.1) is 20.1 Å². The van der Waals surface area contributed by atoms with Crippen LogP contribution in [0.2, 0.25) is 0 Å². The van der Waals surface area contributed by atoms with E-state index in [0.717, 1.165) is 35.5 Å². The van der Waals surface area contributed by atoms with Crippen LogP contribution in [0.3, 0.4) is 0 Å². The predicted molar refractivity (Wildman–Crippen MR) is 114 cm³/mol. The first kappa shape index (κ1) is 21.2. The van der Waals surface area contributed by atoms with Crippen molar-refractivity contribution in [2.45, 2.75) is 38.5 Å². The molecule has 1 saturated heterocycles. The topological polar surface area (TPSA) is 56.8 Å². The van der Waals surface area contributed by atoms with E-state index in [1.807, 2.05) is 44.2 Å². The lowest BCUT2D eigenvalue weighted by Crippen LogP contribution is -2.45. The normalized spacial score (nSPS) is 15.6. The zero-order chi connectivity index (χ0) is 20.7. The zero-order valence-electron chi connectivity index (χ0n) is 17.6. The van der Waals surface area contributed by atoms with Crippen molar-refractivity contribution in [3.8, 4) is 11.5 Å². The van der Waals surface area contributed by atoms with Crippen LogP contribution >= 0.6 is 0 Å². The van der Waals surface area contributed by atoms with Gasteiger partial charge in [0.1, 0.15) is 11.5 Å². The van der Waals surface area contributed by atoms with Crippen LogP contribution < -0.4 is 14.8 Å². The van der Waals surface area contributed by atoms with Crippen LogP contribution in [0, 0.1) is 6.92 Å². The number of rotatable bonds is 8. The Labute approximate surface area is 173 Å². The van der Waals surface area contributed by atoms with Gasteiger partial charge in [-0.3, -0.25) is 4.79 Å². The molecule has 0 unspecified atom stereocenters. The molecule has 3 rings (SSSR count). The molecule has 0 aromatic heterocycles. The Hall–Kier alpha value is -2.53. The highest BCUT2D eigenvalue weighted by molar-refractivity contribution is 5.78. The van der Waals surface area contributed by atoms with Crippen LogP contribution in [0.4, 0.5) is 0 Å². The summed E-state index contributed by atoms with van der Waals surface area (Å²) in [7, 11) is 1.65. The number of ether oxygens (including phenoxy) is 3. The SMILES string of the molecule is CCOc1ccc(C2(CNC(=O)Cc3ccc(C)c(OC)c3)CCOCC2)cc1. The molecule has 0 saturated carbocycles. The summed E-state index contributed by atoms with van der Waals surface area (Å²) in [5, 5.41) is 3.17. The third kappa shape index (κ3) is 5.30. The monoisotopic (exact) mass is 397 g/mol. The van der Waals surface area contributed by atoms with Crippen LogP contribution in [0.15, 0.2) is 42.5 Å². The molecular formula is C24H31NO4. The second-order valence-electron chi connectivity index (χ2n) is 7.61. The average Bonchev–Trinajstić information content (AvgIpc) is 2.75. The Morgan fingerprint density at radius 3 is 2.52 bits per heavy atom. The molecule has 1 fully saturated rings. The van der Waals surface area contributed by atoms with Gasteiger partial charge in [0, 0.05) is 25.2 Å². The standard InChI is InChI=1S/C24H31NO4/c1-4-29-21-9-7-20(8-10-21)24(11-13-28-14-12-24)17-25-23(26)16-19-6-5-18(2)22(15-19)27-3/h5-10,15H,4,11-14,16-17H2,1-3H3,(H,25,26). The van der Waals surface area contributed by atoms with Crippen LogP contribution in [-0.2, 0) is 21.4 Å². The van der Waals surface area contributed by atoms with Gasteiger partial charge >= 0.3 is 0 Å². The number of carbonyl (C=O) groups excluding carboxylic acids is 1. The summed E-state index contributed by atoms with van der Waals surface area (Å²) in [6.45, 7) is 6.64. The fraction of sp³-hybridized carbons (Fsp3) is 0.458. The van der Waals surface area contributed by atoms with E-state index in [1.54, 1.807) is 7.11 Å². The number of carbonyl (C=O) groups is 1. The van der Waals surface area contributed by atoms with Crippen LogP contribution in [0.1, 0.15) is 36.5 Å². The Bertz CT molecular complexity index is 810. The van der Waals surface area contributed by atoms with Gasteiger partial charge in [-0.15, -0.1) is 0 Å². The fourth-order valence-corrected chi connectivity index (χ4v) is 3.89. The van der Waals surface area contributed by atoms with E-state index in [0.29, 0.717) is 32.8 Å². The van der Waals surface area contributed by atoms with Gasteiger partial charge in [0.25, 0.3) is 0 Å². The molecule has 2 aromatic carbocycles. The fourth-order valence-electron chi connectivity index (χ4n) is 3.89. The van der Waals surface area contributed by atoms with Gasteiger partial charge in [0.2, 0.25) is 5.91 Å². The zero-order valence-corrected chi connectivity index (χ0v) is 17.6. The second-order valence-corrected chi connectivity index (χ2v) is 7.61. The van der Waals surface area contributed by atoms with Crippen molar-refractivity contribution in [3.05, 3.63) is 59.2 Å². The number of methoxy groups -OCH3 is 1. The number of aryl methyl sites for hydroxylation is 1. The number of hydrogen-bond donors (Lipinski definition) is 1. The first-order chi connectivity index (χ1) is 14.1. The molecule has 5 nitrogen and oxygen atoms in total. The lowest BCUT2D eigenvalue weighted by atomic mass is 9.74. The molecule has 0 aliphatic carbocycles. The number of nitrogens with one attached hydrogen (secondary N) is 1. The minimum atomic E-state index is -0.108. The summed E-state index contributed by atoms with van der Waals surface area (Å²) in [5.41, 5.74) is 3.13. The highest BCUT2D eigenvalue weighted by atomic mass is 16.5. The lowest BCUT2D eigenvalue weighted by Gasteiger charge is -2.38. The van der Waals surface area contributed by atoms with Gasteiger partial charge < -0.3 is 19.5 Å². The maximum atomic E-state index is 12.6. The van der Waals surface area contributed by atoms with Crippen molar-refractivity contribution < 1.29 is 19.0 Å². The summed E-state index contributed by atoms with van der Waals surface area (Å²) in [5.74, 6) is 1.70. The molecule has 156 valence electrons. The molecule has 0 atom stereocenters. The molecule has 1 heterocycles. The van der Waals surface area contributed by atoms with Gasteiger partial charge in [-0.25, -0.2) is 0 Å². The van der Waals surface area contributed by atoms with Crippen LogP contribution in [-0.4, -0.2) is 39.4 Å². The minimum Gasteiger partial charge on any atom is -0.496 e. The molecule has 0 bridgehead atoms. The average molecular weight is 398 g/mol. The van der Waals surface area contributed by atoms with E-state index in [2.05, 4.69) is 17.4 Å². The molecule has 0 radical (unpaired) electrons. The first-order valence-electron chi connectivity index (χ1n) is 10.3. The maximum Gasteiger partial charge on any atom is 0.224 e. The predicted octanol–water partition coefficient (Wildman–Crippen LogP) is 3.81. The van der Waals surface area contributed by atoms with Crippen molar-refractivity contribution in [1.82, 2.24) is 5.32 Å². The quantitative estimate of drug-likeness (QED) is 0.736. The molecule has 1 amide bonds. The number of benzene rings is 2. The van der Waals surface area contributed by atoms with Gasteiger partial charge in [-0.2, -0.15) is 0 Å². The van der Waals surface area contributed by atoms with Gasteiger partial charge in [0.15, 0.2) is 0 Å². The molecular weight excluding hydrogens is 366 g/mol. The van der Waals surface area contributed by atoms with Crippen molar-refractivity contribution >= 4 is 5.91 Å². The lowest BCUT2D eigenvalue weighted by molar-refractivity contribution is -0.120. The molecule has 1 N–H and O–H groups in total. The highest BCUT2D eigenvalue weighted by Crippen LogP contribution is 2.35. The Morgan fingerprint density at radius 2 is 1.86 bits per heavy atom. The summed E-state index contributed by atoms with van der Waals surface area (Å²) in [6, 6.07) is 14.2. The molecule has 0 spiro atoms. The third-order valence-electron chi connectivity index (χ3n) is 5.69. The first-order valence-corrected chi connectivity index (χ1v) is 10.3. The smallest absolute Gasteiger partial charge is 0.224 e. The Balaban J connectivity index is 1.68. The van der Waals surface area contributed by atoms with Crippen LogP contribution in [0.5, 0.6) is 11.5 Å². The number of amides is 1. The van der Waals surface area contributed by atoms with Gasteiger partial charge in [-0.1, -0.05) is 24.3 Å². The summed E-state index contributed by atoms with van der Waals surface area (Å²) < 4.78 is 16.5. The highest BCUT2D eigenvalue weighted by Gasteiger charge is 2.34. The molecule has 1 aliphatic heterocycles. The summed E-state index contributed by atoms with van der Waals surface area (Å²) in [4.78, 5) is 12.6. The van der Waals surface area contributed by atoms with Crippen LogP contribution in [0.25, 0.3) is 0 Å². The summed E-state index contributed by atoms with van der Waals surface area (Å²) in [6.07, 6.45) is 2.12. The number of hydrogen-bond acceptors (Lipinski definition) is 4. The largest absolute Gasteiger partial charge is 0.496 e. The van der Waals surface area contributed by atoms with E-state index < -0.39 is 0 Å². The van der Waals surface area contributed by atoms with E-state index in [1.165, 1.54) is 5.56 Å². The molecule has 5 heteroatoms. The van der Waals surface area contributed by atoms with Crippen molar-refractivity contribution in [3.63, 3.8) is 0 Å². The van der Waals surface area contributed by atoms with E-state index in [-0.39, 0.29) is 11.3 Å². The Kier molecular flexibility index (Phi) is 7.15. The maximum absolute atomic E-state index is 12.6. The summed E-state index contributed by atoms with van der Waals surface area (Å²) >= 11 is 0. The Morgan fingerprint density at radius 1 is 1.14 bits per heavy atom. The second kappa shape index (κ2) is 9.79. The van der Waals surface area contributed by atoms with Crippen molar-refractivity contribution in [2.75, 3.05) is 33.5 Å².